The Morgan fingerprint density at radius 3 is 2.10 bits per heavy atom. The lowest BCUT2D eigenvalue weighted by atomic mass is 9.98. The Morgan fingerprint density at radius 1 is 0.949 bits per heavy atom. The molecule has 0 heterocycles. The van der Waals surface area contributed by atoms with Crippen LogP contribution in [0, 0.1) is 0 Å². The number of nitrogens with one attached hydrogen (secondary N) is 1. The first-order chi connectivity index (χ1) is 18.8. The second-order valence-electron chi connectivity index (χ2n) is 9.95. The Labute approximate surface area is 228 Å². The van der Waals surface area contributed by atoms with Gasteiger partial charge < -0.3 is 10.1 Å². The normalized spacial score (nSPS) is 14.2. The molecule has 1 atom stereocenters. The number of likely N-dealkylation sites (N-methyl/N-ethyl adjacent to an activating group) is 1. The van der Waals surface area contributed by atoms with Gasteiger partial charge >= 0.3 is 6.09 Å². The molecule has 3 aromatic carbocycles. The predicted octanol–water partition coefficient (Wildman–Crippen LogP) is 5.60. The number of carbonyl (C=O) groups is 2. The maximum absolute atomic E-state index is 13.3. The zero-order valence-electron chi connectivity index (χ0n) is 22.5. The molecule has 3 aromatic rings. The van der Waals surface area contributed by atoms with Crippen LogP contribution in [-0.4, -0.2) is 55.7 Å². The maximum atomic E-state index is 13.3. The van der Waals surface area contributed by atoms with Gasteiger partial charge in [0.05, 0.1) is 11.4 Å². The van der Waals surface area contributed by atoms with Crippen molar-refractivity contribution in [3.63, 3.8) is 0 Å². The predicted molar refractivity (Wildman–Crippen MR) is 149 cm³/mol. The Morgan fingerprint density at radius 2 is 1.54 bits per heavy atom. The summed E-state index contributed by atoms with van der Waals surface area (Å²) in [4.78, 5) is 27.9. The van der Waals surface area contributed by atoms with Crippen molar-refractivity contribution >= 4 is 17.7 Å². The number of fused-ring (bicyclic) bond motifs is 3. The summed E-state index contributed by atoms with van der Waals surface area (Å²) in [6.45, 7) is 2.06. The Bertz CT molecular complexity index is 1460. The smallest absolute Gasteiger partial charge is 0.410 e. The van der Waals surface area contributed by atoms with Crippen LogP contribution < -0.4 is 5.32 Å². The number of hydrogen-bond acceptors (Lipinski definition) is 5. The molecule has 0 fully saturated rings. The quantitative estimate of drug-likeness (QED) is 0.226. The van der Waals surface area contributed by atoms with Crippen molar-refractivity contribution in [2.24, 2.45) is 10.3 Å². The van der Waals surface area contributed by atoms with E-state index in [0.717, 1.165) is 33.4 Å². The second kappa shape index (κ2) is 11.0. The number of rotatable bonds is 9. The molecule has 0 unspecified atom stereocenters. The number of carbonyl (C=O) groups excluding carboxylic acids is 2. The molecule has 5 rings (SSSR count). The maximum Gasteiger partial charge on any atom is 0.410 e. The van der Waals surface area contributed by atoms with Crippen molar-refractivity contribution in [3.05, 3.63) is 106 Å². The molecule has 0 saturated carbocycles. The molecule has 8 heteroatoms. The minimum atomic E-state index is -0.780. The number of ether oxygens (including phenoxy) is 1. The molecular weight excluding hydrogens is 490 g/mol. The van der Waals surface area contributed by atoms with E-state index in [1.165, 1.54) is 4.90 Å². The molecule has 0 aromatic heterocycles. The molecule has 1 N–H and O–H groups in total. The van der Waals surface area contributed by atoms with Crippen molar-refractivity contribution in [3.8, 4) is 11.1 Å². The van der Waals surface area contributed by atoms with Crippen LogP contribution >= 0.6 is 0 Å². The Balaban J connectivity index is 1.30. The summed E-state index contributed by atoms with van der Waals surface area (Å²) in [5.74, 6) is -0.351. The van der Waals surface area contributed by atoms with Gasteiger partial charge in [0, 0.05) is 39.1 Å². The third kappa shape index (κ3) is 5.76. The Hall–Kier alpha value is -4.68. The minimum absolute atomic E-state index is 0.0608. The van der Waals surface area contributed by atoms with Gasteiger partial charge in [-0.05, 0) is 46.9 Å². The van der Waals surface area contributed by atoms with Crippen molar-refractivity contribution in [1.29, 1.82) is 0 Å². The summed E-state index contributed by atoms with van der Waals surface area (Å²) in [6, 6.07) is 23.0. The standard InChI is InChI=1S/C31H31N5O3/c1-20-17-28(20)32-30(37)29(18-21-13-15-22(16-14-21)33-34-35(2)3)36(4)31(38)39-19-27-25-11-7-5-9-23(25)24-10-6-8-12-26(24)27/h5-16,27,29H,18-19H2,1-4H3,(H,32,37)/b34-33+/t29-/m1/s1. The molecule has 2 amide bonds. The number of benzene rings is 3. The lowest BCUT2D eigenvalue weighted by molar-refractivity contribution is -0.124. The topological polar surface area (TPSA) is 86.6 Å². The molecule has 39 heavy (non-hydrogen) atoms. The van der Waals surface area contributed by atoms with Gasteiger partial charge in [-0.3, -0.25) is 14.7 Å². The molecule has 0 bridgehead atoms. The first kappa shape index (κ1) is 25.9. The first-order valence-electron chi connectivity index (χ1n) is 12.9. The number of nitrogens with zero attached hydrogens (tertiary/aromatic N) is 4. The summed E-state index contributed by atoms with van der Waals surface area (Å²) in [6.07, 6.45) is -0.243. The molecule has 0 spiro atoms. The first-order valence-corrected chi connectivity index (χ1v) is 12.9. The van der Waals surface area contributed by atoms with Crippen molar-refractivity contribution in [2.75, 3.05) is 27.7 Å². The third-order valence-electron chi connectivity index (χ3n) is 6.97. The highest BCUT2D eigenvalue weighted by Gasteiger charge is 2.33. The van der Waals surface area contributed by atoms with Crippen LogP contribution in [0.4, 0.5) is 10.5 Å². The van der Waals surface area contributed by atoms with Crippen molar-refractivity contribution < 1.29 is 14.3 Å². The highest BCUT2D eigenvalue weighted by atomic mass is 16.6. The average Bonchev–Trinajstić information content (AvgIpc) is 3.54. The summed E-state index contributed by atoms with van der Waals surface area (Å²) in [7, 11) is 5.20. The van der Waals surface area contributed by atoms with Gasteiger partial charge in [-0.15, -0.1) is 5.11 Å². The minimum Gasteiger partial charge on any atom is -0.448 e. The fraction of sp³-hybridized carbons (Fsp3) is 0.258. The van der Waals surface area contributed by atoms with Gasteiger partial charge in [0.15, 0.2) is 0 Å². The fourth-order valence-electron chi connectivity index (χ4n) is 4.78. The lowest BCUT2D eigenvalue weighted by Crippen LogP contribution is -2.48. The highest BCUT2D eigenvalue weighted by Crippen LogP contribution is 2.44. The van der Waals surface area contributed by atoms with Crippen LogP contribution in [0.1, 0.15) is 29.5 Å². The van der Waals surface area contributed by atoms with Gasteiger partial charge in [-0.2, -0.15) is 0 Å². The molecular formula is C31H31N5O3. The van der Waals surface area contributed by atoms with Crippen molar-refractivity contribution in [1.82, 2.24) is 15.2 Å². The van der Waals surface area contributed by atoms with Crippen molar-refractivity contribution in [2.45, 2.75) is 25.3 Å². The summed E-state index contributed by atoms with van der Waals surface area (Å²) >= 11 is 0. The van der Waals surface area contributed by atoms with E-state index in [9.17, 15) is 9.59 Å². The van der Waals surface area contributed by atoms with E-state index in [2.05, 4.69) is 45.7 Å². The summed E-state index contributed by atoms with van der Waals surface area (Å²) in [5, 5.41) is 12.6. The van der Waals surface area contributed by atoms with Crippen LogP contribution in [0.3, 0.4) is 0 Å². The summed E-state index contributed by atoms with van der Waals surface area (Å²) in [5.41, 5.74) is 10.7. The van der Waals surface area contributed by atoms with Gasteiger partial charge in [-0.1, -0.05) is 71.6 Å². The monoisotopic (exact) mass is 521 g/mol. The van der Waals surface area contributed by atoms with E-state index in [1.807, 2.05) is 55.5 Å². The molecule has 8 nitrogen and oxygen atoms in total. The van der Waals surface area contributed by atoms with E-state index in [-0.39, 0.29) is 18.4 Å². The van der Waals surface area contributed by atoms with Crippen LogP contribution in [-0.2, 0) is 16.0 Å². The van der Waals surface area contributed by atoms with E-state index in [1.54, 1.807) is 26.2 Å². The zero-order chi connectivity index (χ0) is 27.5. The number of hydrogen-bond donors (Lipinski definition) is 1. The van der Waals surface area contributed by atoms with Crippen LogP contribution in [0.5, 0.6) is 0 Å². The lowest BCUT2D eigenvalue weighted by Gasteiger charge is -2.27. The molecule has 0 radical (unpaired) electrons. The fourth-order valence-corrected chi connectivity index (χ4v) is 4.78. The Kier molecular flexibility index (Phi) is 7.30. The average molecular weight is 522 g/mol. The van der Waals surface area contributed by atoms with Gasteiger partial charge in [0.25, 0.3) is 0 Å². The van der Waals surface area contributed by atoms with Gasteiger partial charge in [-0.25, -0.2) is 4.79 Å². The van der Waals surface area contributed by atoms with E-state index >= 15 is 0 Å². The zero-order valence-corrected chi connectivity index (χ0v) is 22.5. The van der Waals surface area contributed by atoms with E-state index in [0.29, 0.717) is 17.8 Å². The van der Waals surface area contributed by atoms with Crippen LogP contribution in [0.15, 0.2) is 100 Å². The van der Waals surface area contributed by atoms with Gasteiger partial charge in [0.2, 0.25) is 5.91 Å². The van der Waals surface area contributed by atoms with E-state index in [4.69, 9.17) is 4.74 Å². The highest BCUT2D eigenvalue weighted by molar-refractivity contribution is 5.88. The van der Waals surface area contributed by atoms with Crippen LogP contribution in [0.25, 0.3) is 11.1 Å². The van der Waals surface area contributed by atoms with E-state index < -0.39 is 12.1 Å². The molecule has 2 aliphatic carbocycles. The molecule has 0 aliphatic heterocycles. The SMILES string of the molecule is CC1=C=C1NC(=O)[C@@H](Cc1ccc(/N=N/N(C)C)cc1)N(C)C(=O)OCC1c2ccccc2-c2ccccc21. The molecule has 198 valence electrons. The summed E-state index contributed by atoms with van der Waals surface area (Å²) < 4.78 is 5.83. The molecule has 0 saturated heterocycles. The van der Waals surface area contributed by atoms with Gasteiger partial charge in [0.1, 0.15) is 12.6 Å². The number of amides is 2. The second-order valence-corrected chi connectivity index (χ2v) is 9.95. The largest absolute Gasteiger partial charge is 0.448 e. The molecule has 2 aliphatic rings. The third-order valence-corrected chi connectivity index (χ3v) is 6.97. The van der Waals surface area contributed by atoms with Crippen LogP contribution in [0.2, 0.25) is 0 Å².